The Balaban J connectivity index is 1.67. The van der Waals surface area contributed by atoms with E-state index in [1.807, 2.05) is 13.0 Å². The molecule has 0 unspecified atom stereocenters. The molecule has 0 aliphatic heterocycles. The molecule has 2 N–H and O–H groups in total. The van der Waals surface area contributed by atoms with E-state index in [1.54, 1.807) is 63.8 Å². The summed E-state index contributed by atoms with van der Waals surface area (Å²) in [6.07, 6.45) is 7.38. The van der Waals surface area contributed by atoms with Gasteiger partial charge in [0.25, 0.3) is 5.91 Å². The molecule has 0 aromatic carbocycles. The number of pyridine rings is 3. The van der Waals surface area contributed by atoms with E-state index in [-0.39, 0.29) is 12.3 Å². The number of nitrogens with zero attached hydrogens (tertiary/aromatic N) is 6. The van der Waals surface area contributed by atoms with E-state index < -0.39 is 5.41 Å². The second kappa shape index (κ2) is 10.9. The molecule has 4 aromatic heterocycles. The maximum absolute atomic E-state index is 13.0. The molecule has 1 amide bonds. The molecule has 0 atom stereocenters. The minimum Gasteiger partial charge on any atom is -0.373 e. The highest BCUT2D eigenvalue weighted by atomic mass is 16.1. The van der Waals surface area contributed by atoms with Crippen molar-refractivity contribution in [1.82, 2.24) is 24.9 Å². The Bertz CT molecular complexity index is 1560. The van der Waals surface area contributed by atoms with Gasteiger partial charge in [-0.25, -0.2) is 15.0 Å². The summed E-state index contributed by atoms with van der Waals surface area (Å²) in [7, 11) is 1.75. The minimum atomic E-state index is -0.828. The second-order valence-electron chi connectivity index (χ2n) is 9.05. The first kappa shape index (κ1) is 26.0. The van der Waals surface area contributed by atoms with Crippen LogP contribution in [0.2, 0.25) is 0 Å². The van der Waals surface area contributed by atoms with Gasteiger partial charge in [-0.2, -0.15) is 5.26 Å². The van der Waals surface area contributed by atoms with Gasteiger partial charge in [-0.05, 0) is 51.1 Å². The lowest BCUT2D eigenvalue weighted by Gasteiger charge is -2.15. The van der Waals surface area contributed by atoms with Crippen molar-refractivity contribution in [2.75, 3.05) is 17.7 Å². The van der Waals surface area contributed by atoms with Gasteiger partial charge < -0.3 is 15.4 Å². The molecule has 0 bridgehead atoms. The predicted octanol–water partition coefficient (Wildman–Crippen LogP) is 4.14. The molecule has 4 aromatic rings. The minimum absolute atomic E-state index is 0.184. The van der Waals surface area contributed by atoms with Crippen LogP contribution in [0.25, 0.3) is 22.6 Å². The number of rotatable bonds is 8. The Kier molecular flexibility index (Phi) is 7.48. The molecule has 0 aliphatic carbocycles. The third-order valence-electron chi connectivity index (χ3n) is 6.04. The molecule has 0 fully saturated rings. The molecule has 10 nitrogen and oxygen atoms in total. The fraction of sp³-hybridized carbons (Fsp3) is 0.214. The third-order valence-corrected chi connectivity index (χ3v) is 6.04. The van der Waals surface area contributed by atoms with Crippen LogP contribution in [0, 0.1) is 18.3 Å². The highest BCUT2D eigenvalue weighted by molar-refractivity contribution is 6.04. The van der Waals surface area contributed by atoms with Gasteiger partial charge >= 0.3 is 0 Å². The van der Waals surface area contributed by atoms with Crippen LogP contribution in [-0.2, 0) is 16.6 Å². The van der Waals surface area contributed by atoms with Gasteiger partial charge in [-0.1, -0.05) is 0 Å². The lowest BCUT2D eigenvalue weighted by atomic mass is 9.90. The van der Waals surface area contributed by atoms with Crippen molar-refractivity contribution in [2.45, 2.75) is 32.6 Å². The van der Waals surface area contributed by atoms with Crippen LogP contribution in [0.3, 0.4) is 0 Å². The van der Waals surface area contributed by atoms with Crippen molar-refractivity contribution in [3.8, 4) is 28.7 Å². The van der Waals surface area contributed by atoms with Crippen molar-refractivity contribution >= 4 is 23.7 Å². The molecule has 0 spiro atoms. The first-order chi connectivity index (χ1) is 18.3. The molecule has 38 heavy (non-hydrogen) atoms. The number of aryl methyl sites for hydroxylation is 1. The first-order valence-corrected chi connectivity index (χ1v) is 11.9. The van der Waals surface area contributed by atoms with E-state index >= 15 is 0 Å². The smallest absolute Gasteiger partial charge is 0.255 e. The number of aromatic nitrogens is 5. The third kappa shape index (κ3) is 5.37. The molecule has 0 saturated heterocycles. The van der Waals surface area contributed by atoms with Gasteiger partial charge in [0, 0.05) is 60.0 Å². The number of carbonyl (C=O) groups excluding carboxylic acids is 2. The number of aldehydes is 1. The highest BCUT2D eigenvalue weighted by Gasteiger charge is 2.23. The van der Waals surface area contributed by atoms with E-state index in [0.29, 0.717) is 45.5 Å². The highest BCUT2D eigenvalue weighted by Crippen LogP contribution is 2.29. The van der Waals surface area contributed by atoms with Crippen molar-refractivity contribution < 1.29 is 9.59 Å². The van der Waals surface area contributed by atoms with Crippen LogP contribution >= 0.6 is 0 Å². The van der Waals surface area contributed by atoms with Gasteiger partial charge in [0.2, 0.25) is 0 Å². The SMILES string of the molecule is CNc1nccc(-c2ccnc(-c3cc(NC(=O)c4ccnc(C(C)(C)C#N)c4)cnc3C)n2)c1CC=O. The van der Waals surface area contributed by atoms with Gasteiger partial charge in [0.05, 0.1) is 34.8 Å². The van der Waals surface area contributed by atoms with Crippen LogP contribution < -0.4 is 10.6 Å². The fourth-order valence-electron chi connectivity index (χ4n) is 3.88. The quantitative estimate of drug-likeness (QED) is 0.337. The van der Waals surface area contributed by atoms with Gasteiger partial charge in [0.15, 0.2) is 5.82 Å². The van der Waals surface area contributed by atoms with E-state index in [4.69, 9.17) is 4.98 Å². The lowest BCUT2D eigenvalue weighted by Crippen LogP contribution is -2.18. The largest absolute Gasteiger partial charge is 0.373 e. The zero-order chi connectivity index (χ0) is 27.3. The van der Waals surface area contributed by atoms with Crippen LogP contribution in [0.4, 0.5) is 11.5 Å². The van der Waals surface area contributed by atoms with Crippen LogP contribution in [0.1, 0.15) is 41.2 Å². The molecule has 4 heterocycles. The Hall–Kier alpha value is -5.04. The van der Waals surface area contributed by atoms with Crippen molar-refractivity contribution in [2.24, 2.45) is 0 Å². The van der Waals surface area contributed by atoms with E-state index in [2.05, 4.69) is 36.6 Å². The molecule has 4 rings (SSSR count). The number of hydrogen-bond acceptors (Lipinski definition) is 9. The summed E-state index contributed by atoms with van der Waals surface area (Å²) >= 11 is 0. The number of amides is 1. The summed E-state index contributed by atoms with van der Waals surface area (Å²) in [6, 6.07) is 10.7. The average molecular weight is 507 g/mol. The summed E-state index contributed by atoms with van der Waals surface area (Å²) < 4.78 is 0. The van der Waals surface area contributed by atoms with Crippen molar-refractivity contribution in [3.05, 3.63) is 77.6 Å². The second-order valence-corrected chi connectivity index (χ2v) is 9.05. The summed E-state index contributed by atoms with van der Waals surface area (Å²) in [6.45, 7) is 5.32. The Labute approximate surface area is 220 Å². The van der Waals surface area contributed by atoms with E-state index in [1.165, 1.54) is 6.20 Å². The Morgan fingerprint density at radius 3 is 2.55 bits per heavy atom. The topological polar surface area (TPSA) is 146 Å². The summed E-state index contributed by atoms with van der Waals surface area (Å²) in [5.41, 5.74) is 3.98. The zero-order valence-electron chi connectivity index (χ0n) is 21.5. The average Bonchev–Trinajstić information content (AvgIpc) is 2.94. The van der Waals surface area contributed by atoms with Gasteiger partial charge in [-0.3, -0.25) is 14.8 Å². The molecule has 0 radical (unpaired) electrons. The zero-order valence-corrected chi connectivity index (χ0v) is 21.5. The maximum Gasteiger partial charge on any atom is 0.255 e. The number of nitriles is 1. The Morgan fingerprint density at radius 2 is 1.82 bits per heavy atom. The molecule has 190 valence electrons. The molecule has 0 aliphatic rings. The summed E-state index contributed by atoms with van der Waals surface area (Å²) in [4.78, 5) is 46.5. The van der Waals surface area contributed by atoms with Gasteiger partial charge in [0.1, 0.15) is 12.1 Å². The van der Waals surface area contributed by atoms with Crippen LogP contribution in [0.15, 0.2) is 55.1 Å². The molecular formula is C28H26N8O2. The fourth-order valence-corrected chi connectivity index (χ4v) is 3.88. The molecule has 10 heteroatoms. The van der Waals surface area contributed by atoms with E-state index in [9.17, 15) is 14.9 Å². The lowest BCUT2D eigenvalue weighted by molar-refractivity contribution is -0.107. The monoisotopic (exact) mass is 506 g/mol. The van der Waals surface area contributed by atoms with Crippen LogP contribution in [0.5, 0.6) is 0 Å². The van der Waals surface area contributed by atoms with E-state index in [0.717, 1.165) is 17.4 Å². The van der Waals surface area contributed by atoms with Gasteiger partial charge in [-0.15, -0.1) is 0 Å². The summed E-state index contributed by atoms with van der Waals surface area (Å²) in [5, 5.41) is 15.3. The molecule has 0 saturated carbocycles. The number of anilines is 2. The van der Waals surface area contributed by atoms with Crippen LogP contribution in [-0.4, -0.2) is 44.2 Å². The van der Waals surface area contributed by atoms with Crippen molar-refractivity contribution in [3.63, 3.8) is 0 Å². The normalized spacial score (nSPS) is 10.9. The standard InChI is InChI=1S/C28H26N8O2/c1-17-22(26-33-11-7-23(36-26)20-6-10-32-25(30-4)21(20)8-12-37)14-19(15-34-17)35-27(38)18-5-9-31-24(13-18)28(2,3)16-29/h5-7,9-15H,8H2,1-4H3,(H,30,32)(H,35,38). The number of hydrogen-bond donors (Lipinski definition) is 2. The maximum atomic E-state index is 13.0. The first-order valence-electron chi connectivity index (χ1n) is 11.9. The Morgan fingerprint density at radius 1 is 1.05 bits per heavy atom. The van der Waals surface area contributed by atoms with Crippen molar-refractivity contribution in [1.29, 1.82) is 5.26 Å². The number of nitrogens with one attached hydrogen (secondary N) is 2. The number of carbonyl (C=O) groups is 2. The molecular weight excluding hydrogens is 480 g/mol. The summed E-state index contributed by atoms with van der Waals surface area (Å²) in [5.74, 6) is 0.670. The predicted molar refractivity (Wildman–Crippen MR) is 143 cm³/mol.